The van der Waals surface area contributed by atoms with Gasteiger partial charge in [0.25, 0.3) is 0 Å². The Hall–Kier alpha value is -3.43. The predicted molar refractivity (Wildman–Crippen MR) is 111 cm³/mol. The topological polar surface area (TPSA) is 117 Å². The lowest BCUT2D eigenvalue weighted by Gasteiger charge is -2.37. The van der Waals surface area contributed by atoms with Crippen LogP contribution < -0.4 is 9.47 Å². The van der Waals surface area contributed by atoms with Gasteiger partial charge in [0.2, 0.25) is 0 Å². The number of benzene rings is 1. The zero-order valence-corrected chi connectivity index (χ0v) is 18.0. The van der Waals surface area contributed by atoms with Crippen LogP contribution in [-0.2, 0) is 4.74 Å². The Morgan fingerprint density at radius 3 is 2.65 bits per heavy atom. The van der Waals surface area contributed by atoms with Crippen molar-refractivity contribution < 1.29 is 23.9 Å². The molecule has 1 aromatic carbocycles. The van der Waals surface area contributed by atoms with Gasteiger partial charge in [-0.25, -0.2) is 4.79 Å². The molecule has 1 atom stereocenters. The first-order valence-electron chi connectivity index (χ1n) is 10.0. The molecule has 0 spiro atoms. The zero-order valence-electron chi connectivity index (χ0n) is 18.0. The van der Waals surface area contributed by atoms with Crippen molar-refractivity contribution in [1.82, 2.24) is 14.9 Å². The van der Waals surface area contributed by atoms with Crippen molar-refractivity contribution in [1.29, 1.82) is 0 Å². The van der Waals surface area contributed by atoms with Crippen LogP contribution in [0.4, 0.5) is 10.5 Å². The summed E-state index contributed by atoms with van der Waals surface area (Å²) in [5, 5.41) is 11.4. The first-order chi connectivity index (χ1) is 14.7. The fourth-order valence-electron chi connectivity index (χ4n) is 3.44. The second-order valence-electron chi connectivity index (χ2n) is 8.15. The van der Waals surface area contributed by atoms with Gasteiger partial charge in [0.05, 0.1) is 18.1 Å². The van der Waals surface area contributed by atoms with Crippen molar-refractivity contribution in [3.63, 3.8) is 0 Å². The van der Waals surface area contributed by atoms with E-state index in [0.29, 0.717) is 12.3 Å². The van der Waals surface area contributed by atoms with E-state index >= 15 is 0 Å². The van der Waals surface area contributed by atoms with Crippen molar-refractivity contribution in [2.45, 2.75) is 51.7 Å². The summed E-state index contributed by atoms with van der Waals surface area (Å²) in [7, 11) is 1.29. The van der Waals surface area contributed by atoms with E-state index in [4.69, 9.17) is 14.2 Å². The average molecular weight is 430 g/mol. The third kappa shape index (κ3) is 5.39. The number of hydrogen-bond donors (Lipinski definition) is 0. The van der Waals surface area contributed by atoms with Crippen LogP contribution in [0.2, 0.25) is 0 Å². The number of piperidine rings is 1. The molecule has 3 rings (SSSR count). The molecule has 10 heteroatoms. The fraction of sp³-hybridized carbons (Fsp3) is 0.476. The summed E-state index contributed by atoms with van der Waals surface area (Å²) in [6, 6.07) is 6.92. The highest BCUT2D eigenvalue weighted by Gasteiger charge is 2.32. The predicted octanol–water partition coefficient (Wildman–Crippen LogP) is 4.65. The summed E-state index contributed by atoms with van der Waals surface area (Å²) in [6.07, 6.45) is 3.43. The third-order valence-electron chi connectivity index (χ3n) is 4.72. The summed E-state index contributed by atoms with van der Waals surface area (Å²) in [5.74, 6) is -0.0488. The largest absolute Gasteiger partial charge is 0.476 e. The number of ether oxygens (including phenoxy) is 3. The highest BCUT2D eigenvalue weighted by molar-refractivity contribution is 5.69. The number of amides is 1. The van der Waals surface area contributed by atoms with Crippen LogP contribution in [0, 0.1) is 10.1 Å². The summed E-state index contributed by atoms with van der Waals surface area (Å²) in [4.78, 5) is 32.9. The van der Waals surface area contributed by atoms with Crippen molar-refractivity contribution in [2.75, 3.05) is 13.7 Å². The summed E-state index contributed by atoms with van der Waals surface area (Å²) >= 11 is 0. The molecular formula is C21H26N4O6. The molecule has 1 fully saturated rings. The number of methoxy groups -OCH3 is 1. The number of nitrogens with zero attached hydrogens (tertiary/aromatic N) is 4. The Labute approximate surface area is 180 Å². The fourth-order valence-corrected chi connectivity index (χ4v) is 3.44. The Morgan fingerprint density at radius 2 is 1.97 bits per heavy atom. The molecule has 1 saturated heterocycles. The van der Waals surface area contributed by atoms with Gasteiger partial charge in [-0.3, -0.25) is 10.1 Å². The number of rotatable bonds is 5. The van der Waals surface area contributed by atoms with E-state index in [2.05, 4.69) is 9.97 Å². The molecular weight excluding hydrogens is 404 g/mol. The van der Waals surface area contributed by atoms with Crippen molar-refractivity contribution in [3.05, 3.63) is 46.3 Å². The molecule has 0 saturated carbocycles. The van der Waals surface area contributed by atoms with Crippen LogP contribution >= 0.6 is 0 Å². The minimum absolute atomic E-state index is 0.179. The van der Waals surface area contributed by atoms with Gasteiger partial charge in [0, 0.05) is 6.54 Å². The van der Waals surface area contributed by atoms with Gasteiger partial charge in [-0.15, -0.1) is 0 Å². The van der Waals surface area contributed by atoms with Gasteiger partial charge in [-0.1, -0.05) is 12.1 Å². The summed E-state index contributed by atoms with van der Waals surface area (Å²) in [6.45, 7) is 6.10. The van der Waals surface area contributed by atoms with Gasteiger partial charge < -0.3 is 19.1 Å². The number of carbonyl (C=O) groups excluding carboxylic acids is 1. The number of likely N-dealkylation sites (tertiary alicyclic amines) is 1. The highest BCUT2D eigenvalue weighted by Crippen LogP contribution is 2.37. The monoisotopic (exact) mass is 430 g/mol. The van der Waals surface area contributed by atoms with E-state index in [1.54, 1.807) is 23.1 Å². The van der Waals surface area contributed by atoms with Gasteiger partial charge in [0.1, 0.15) is 17.7 Å². The van der Waals surface area contributed by atoms with E-state index in [1.165, 1.54) is 7.11 Å². The van der Waals surface area contributed by atoms with E-state index in [-0.39, 0.29) is 23.9 Å². The SMILES string of the molecule is COc1ncnc(Oc2cccc([C@@H]3CCCCN3C(=O)OC(C)(C)C)c2)c1[N+](=O)[O-]. The Kier molecular flexibility index (Phi) is 6.57. The lowest BCUT2D eigenvalue weighted by molar-refractivity contribution is -0.387. The quantitative estimate of drug-likeness (QED) is 0.497. The minimum atomic E-state index is -0.649. The molecule has 31 heavy (non-hydrogen) atoms. The maximum absolute atomic E-state index is 12.7. The molecule has 0 aliphatic carbocycles. The second-order valence-corrected chi connectivity index (χ2v) is 8.15. The van der Waals surface area contributed by atoms with Crippen LogP contribution in [0.3, 0.4) is 0 Å². The minimum Gasteiger partial charge on any atom is -0.476 e. The Morgan fingerprint density at radius 1 is 1.23 bits per heavy atom. The Bertz CT molecular complexity index is 959. The standard InChI is InChI=1S/C21H26N4O6/c1-21(2,3)31-20(26)24-11-6-5-10-16(24)14-8-7-9-15(12-14)30-19-17(25(27)28)18(29-4)22-13-23-19/h7-9,12-13,16H,5-6,10-11H2,1-4H3/t16-/m0/s1. The molecule has 0 radical (unpaired) electrons. The number of nitro groups is 1. The zero-order chi connectivity index (χ0) is 22.6. The van der Waals surface area contributed by atoms with Crippen LogP contribution in [0.25, 0.3) is 0 Å². The molecule has 0 bridgehead atoms. The van der Waals surface area contributed by atoms with Crippen molar-refractivity contribution >= 4 is 11.8 Å². The van der Waals surface area contributed by atoms with Crippen LogP contribution in [0.5, 0.6) is 17.5 Å². The lowest BCUT2D eigenvalue weighted by Crippen LogP contribution is -2.41. The molecule has 0 unspecified atom stereocenters. The lowest BCUT2D eigenvalue weighted by atomic mass is 9.95. The molecule has 10 nitrogen and oxygen atoms in total. The smallest absolute Gasteiger partial charge is 0.410 e. The molecule has 0 N–H and O–H groups in total. The molecule has 1 amide bonds. The van der Waals surface area contributed by atoms with Gasteiger partial charge in [-0.05, 0) is 57.7 Å². The maximum atomic E-state index is 12.7. The van der Waals surface area contributed by atoms with Crippen LogP contribution in [0.1, 0.15) is 51.6 Å². The van der Waals surface area contributed by atoms with Gasteiger partial charge in [0.15, 0.2) is 0 Å². The van der Waals surface area contributed by atoms with Crippen LogP contribution in [0.15, 0.2) is 30.6 Å². The first-order valence-corrected chi connectivity index (χ1v) is 10.0. The van der Waals surface area contributed by atoms with E-state index in [9.17, 15) is 14.9 Å². The van der Waals surface area contributed by atoms with Gasteiger partial charge >= 0.3 is 23.5 Å². The molecule has 2 heterocycles. The molecule has 166 valence electrons. The molecule has 1 aliphatic heterocycles. The summed E-state index contributed by atoms with van der Waals surface area (Å²) in [5.41, 5.74) is -0.190. The number of carbonyl (C=O) groups is 1. The number of hydrogen-bond acceptors (Lipinski definition) is 8. The first kappa shape index (κ1) is 22.3. The molecule has 1 aromatic heterocycles. The maximum Gasteiger partial charge on any atom is 0.410 e. The highest BCUT2D eigenvalue weighted by atomic mass is 16.6. The number of aromatic nitrogens is 2. The third-order valence-corrected chi connectivity index (χ3v) is 4.72. The summed E-state index contributed by atoms with van der Waals surface area (Å²) < 4.78 is 16.2. The molecule has 2 aromatic rings. The van der Waals surface area contributed by atoms with E-state index < -0.39 is 16.2 Å². The van der Waals surface area contributed by atoms with Crippen LogP contribution in [-0.4, -0.2) is 45.1 Å². The van der Waals surface area contributed by atoms with Crippen molar-refractivity contribution in [3.8, 4) is 17.5 Å². The second kappa shape index (κ2) is 9.15. The average Bonchev–Trinajstić information content (AvgIpc) is 2.72. The normalized spacial score (nSPS) is 16.5. The van der Waals surface area contributed by atoms with E-state index in [1.807, 2.05) is 26.8 Å². The molecule has 1 aliphatic rings. The van der Waals surface area contributed by atoms with Gasteiger partial charge in [-0.2, -0.15) is 9.97 Å². The van der Waals surface area contributed by atoms with Crippen molar-refractivity contribution in [2.24, 2.45) is 0 Å². The Balaban J connectivity index is 1.88. The van der Waals surface area contributed by atoms with E-state index in [0.717, 1.165) is 31.2 Å².